The van der Waals surface area contributed by atoms with Crippen molar-refractivity contribution >= 4 is 5.91 Å². The summed E-state index contributed by atoms with van der Waals surface area (Å²) in [6.45, 7) is 2.78. The Bertz CT molecular complexity index is 502. The highest BCUT2D eigenvalue weighted by Crippen LogP contribution is 2.24. The molecule has 0 unspecified atom stereocenters. The van der Waals surface area contributed by atoms with E-state index in [1.807, 2.05) is 6.07 Å². The summed E-state index contributed by atoms with van der Waals surface area (Å²) in [5, 5.41) is 10.1. The number of hydrogen-bond donors (Lipinski definition) is 1. The van der Waals surface area contributed by atoms with Crippen LogP contribution in [-0.4, -0.2) is 74.4 Å². The molecule has 0 aromatic carbocycles. The van der Waals surface area contributed by atoms with Crippen LogP contribution in [0.1, 0.15) is 12.2 Å². The average Bonchev–Trinajstić information content (AvgIpc) is 3.07. The van der Waals surface area contributed by atoms with Crippen molar-refractivity contribution in [3.63, 3.8) is 0 Å². The molecule has 2 heterocycles. The van der Waals surface area contributed by atoms with Crippen molar-refractivity contribution in [2.75, 3.05) is 47.5 Å². The van der Waals surface area contributed by atoms with Crippen molar-refractivity contribution in [1.82, 2.24) is 9.80 Å². The molecule has 1 aliphatic heterocycles. The van der Waals surface area contributed by atoms with E-state index >= 15 is 0 Å². The van der Waals surface area contributed by atoms with E-state index in [4.69, 9.17) is 13.9 Å². The summed E-state index contributed by atoms with van der Waals surface area (Å²) < 4.78 is 15.9. The van der Waals surface area contributed by atoms with Crippen LogP contribution in [0.3, 0.4) is 0 Å². The number of furan rings is 1. The number of carbonyl (C=O) groups is 1. The molecule has 7 heteroatoms. The van der Waals surface area contributed by atoms with Crippen LogP contribution in [0.4, 0.5) is 0 Å². The summed E-state index contributed by atoms with van der Waals surface area (Å²) in [4.78, 5) is 15.4. The Morgan fingerprint density at radius 2 is 2.17 bits per heavy atom. The minimum absolute atomic E-state index is 0.0303. The zero-order valence-corrected chi connectivity index (χ0v) is 14.0. The fourth-order valence-corrected chi connectivity index (χ4v) is 2.64. The first-order valence-corrected chi connectivity index (χ1v) is 7.80. The standard InChI is InChI=1S/C16H26N2O5/c1-17(2)15(20)8-12-9-18(11-14(12)19)10-13-4-5-16(23-13)22-7-6-21-3/h4-5,12,14,19H,6-11H2,1-3H3/t12-,14-/m1/s1. The van der Waals surface area contributed by atoms with Gasteiger partial charge in [-0.2, -0.15) is 0 Å². The van der Waals surface area contributed by atoms with E-state index < -0.39 is 6.10 Å². The second-order valence-electron chi connectivity index (χ2n) is 6.08. The molecule has 1 aromatic rings. The van der Waals surface area contributed by atoms with Gasteiger partial charge in [0.2, 0.25) is 5.91 Å². The van der Waals surface area contributed by atoms with Crippen molar-refractivity contribution in [2.24, 2.45) is 5.92 Å². The Kier molecular flexibility index (Phi) is 6.44. The van der Waals surface area contributed by atoms with Crippen LogP contribution in [0.15, 0.2) is 16.5 Å². The van der Waals surface area contributed by atoms with Crippen LogP contribution in [-0.2, 0) is 16.1 Å². The molecule has 1 aliphatic rings. The van der Waals surface area contributed by atoms with Crippen LogP contribution in [0.5, 0.6) is 5.95 Å². The Morgan fingerprint density at radius 3 is 2.87 bits per heavy atom. The van der Waals surface area contributed by atoms with Crippen LogP contribution in [0, 0.1) is 5.92 Å². The first-order valence-electron chi connectivity index (χ1n) is 7.80. The van der Waals surface area contributed by atoms with Gasteiger partial charge in [0.25, 0.3) is 5.95 Å². The first-order chi connectivity index (χ1) is 11.0. The average molecular weight is 326 g/mol. The zero-order valence-electron chi connectivity index (χ0n) is 14.0. The van der Waals surface area contributed by atoms with Gasteiger partial charge in [-0.05, 0) is 6.07 Å². The maximum atomic E-state index is 11.8. The molecule has 0 radical (unpaired) electrons. The molecule has 130 valence electrons. The lowest BCUT2D eigenvalue weighted by molar-refractivity contribution is -0.130. The van der Waals surface area contributed by atoms with Crippen molar-refractivity contribution in [3.8, 4) is 5.95 Å². The first kappa shape index (κ1) is 17.8. The molecular weight excluding hydrogens is 300 g/mol. The number of aliphatic hydroxyl groups is 1. The van der Waals surface area contributed by atoms with Gasteiger partial charge in [0.15, 0.2) is 0 Å². The summed E-state index contributed by atoms with van der Waals surface area (Å²) in [7, 11) is 5.08. The number of amides is 1. The summed E-state index contributed by atoms with van der Waals surface area (Å²) in [5.74, 6) is 1.26. The van der Waals surface area contributed by atoms with Crippen molar-refractivity contribution < 1.29 is 23.8 Å². The Morgan fingerprint density at radius 1 is 1.39 bits per heavy atom. The maximum Gasteiger partial charge on any atom is 0.284 e. The third kappa shape index (κ3) is 5.23. The molecule has 0 aliphatic carbocycles. The molecule has 1 fully saturated rings. The van der Waals surface area contributed by atoms with Crippen molar-refractivity contribution in [2.45, 2.75) is 19.1 Å². The number of methoxy groups -OCH3 is 1. The summed E-state index contributed by atoms with van der Waals surface area (Å²) in [6.07, 6.45) is -0.111. The van der Waals surface area contributed by atoms with E-state index in [9.17, 15) is 9.90 Å². The van der Waals surface area contributed by atoms with E-state index in [2.05, 4.69) is 4.90 Å². The minimum Gasteiger partial charge on any atom is -0.463 e. The second kappa shape index (κ2) is 8.33. The summed E-state index contributed by atoms with van der Waals surface area (Å²) in [5.41, 5.74) is 0. The normalized spacial score (nSPS) is 21.6. The molecule has 1 aromatic heterocycles. The number of aliphatic hydroxyl groups excluding tert-OH is 1. The van der Waals surface area contributed by atoms with Crippen molar-refractivity contribution in [1.29, 1.82) is 0 Å². The smallest absolute Gasteiger partial charge is 0.284 e. The van der Waals surface area contributed by atoms with Gasteiger partial charge >= 0.3 is 0 Å². The molecule has 0 bridgehead atoms. The van der Waals surface area contributed by atoms with Crippen molar-refractivity contribution in [3.05, 3.63) is 17.9 Å². The lowest BCUT2D eigenvalue weighted by Crippen LogP contribution is -2.28. The maximum absolute atomic E-state index is 11.8. The highest BCUT2D eigenvalue weighted by Gasteiger charge is 2.33. The fraction of sp³-hybridized carbons (Fsp3) is 0.688. The number of ether oxygens (including phenoxy) is 2. The fourth-order valence-electron chi connectivity index (χ4n) is 2.64. The quantitative estimate of drug-likeness (QED) is 0.704. The number of hydrogen-bond acceptors (Lipinski definition) is 6. The predicted octanol–water partition coefficient (Wildman–Crippen LogP) is 0.576. The summed E-state index contributed by atoms with van der Waals surface area (Å²) >= 11 is 0. The molecule has 1 saturated heterocycles. The third-order valence-electron chi connectivity index (χ3n) is 3.97. The van der Waals surface area contributed by atoms with Crippen LogP contribution < -0.4 is 4.74 Å². The van der Waals surface area contributed by atoms with E-state index in [1.54, 1.807) is 32.2 Å². The van der Waals surface area contributed by atoms with E-state index in [0.717, 1.165) is 5.76 Å². The van der Waals surface area contributed by atoms with Gasteiger partial charge in [-0.3, -0.25) is 9.69 Å². The minimum atomic E-state index is -0.480. The number of likely N-dealkylation sites (tertiary alicyclic amines) is 1. The van der Waals surface area contributed by atoms with Crippen LogP contribution in [0.25, 0.3) is 0 Å². The molecule has 0 spiro atoms. The van der Waals surface area contributed by atoms with Gasteiger partial charge in [-0.15, -0.1) is 0 Å². The highest BCUT2D eigenvalue weighted by atomic mass is 16.6. The Labute approximate surface area is 136 Å². The predicted molar refractivity (Wildman–Crippen MR) is 84.2 cm³/mol. The van der Waals surface area contributed by atoms with Crippen LogP contribution in [0.2, 0.25) is 0 Å². The number of β-amino-alcohol motifs (C(OH)–C–C–N with tert-alkyl or cyclic N) is 1. The molecule has 1 amide bonds. The van der Waals surface area contributed by atoms with E-state index in [1.165, 1.54) is 0 Å². The number of nitrogens with zero attached hydrogens (tertiary/aromatic N) is 2. The highest BCUT2D eigenvalue weighted by molar-refractivity contribution is 5.75. The SMILES string of the molecule is COCCOc1ccc(CN2C[C@@H](CC(=O)N(C)C)[C@H](O)C2)o1. The largest absolute Gasteiger partial charge is 0.463 e. The van der Waals surface area contributed by atoms with Gasteiger partial charge in [0.05, 0.1) is 19.3 Å². The molecule has 1 N–H and O–H groups in total. The van der Waals surface area contributed by atoms with Gasteiger partial charge in [-0.1, -0.05) is 0 Å². The monoisotopic (exact) mass is 326 g/mol. The van der Waals surface area contributed by atoms with Gasteiger partial charge in [0, 0.05) is 52.7 Å². The lowest BCUT2D eigenvalue weighted by atomic mass is 10.0. The molecule has 2 atom stereocenters. The second-order valence-corrected chi connectivity index (χ2v) is 6.08. The molecule has 0 saturated carbocycles. The molecule has 2 rings (SSSR count). The van der Waals surface area contributed by atoms with Gasteiger partial charge in [0.1, 0.15) is 12.4 Å². The van der Waals surface area contributed by atoms with E-state index in [-0.39, 0.29) is 11.8 Å². The van der Waals surface area contributed by atoms with Gasteiger partial charge < -0.3 is 23.9 Å². The van der Waals surface area contributed by atoms with E-state index in [0.29, 0.717) is 45.2 Å². The Hall–Kier alpha value is -1.57. The molecule has 23 heavy (non-hydrogen) atoms. The number of carbonyl (C=O) groups excluding carboxylic acids is 1. The van der Waals surface area contributed by atoms with Crippen LogP contribution >= 0.6 is 0 Å². The zero-order chi connectivity index (χ0) is 16.8. The third-order valence-corrected chi connectivity index (χ3v) is 3.97. The molecular formula is C16H26N2O5. The van der Waals surface area contributed by atoms with Gasteiger partial charge in [-0.25, -0.2) is 0 Å². The lowest BCUT2D eigenvalue weighted by Gasteiger charge is -2.16. The molecule has 7 nitrogen and oxygen atoms in total. The summed E-state index contributed by atoms with van der Waals surface area (Å²) in [6, 6.07) is 3.65. The number of rotatable bonds is 8. The topological polar surface area (TPSA) is 75.4 Å². The Balaban J connectivity index is 1.81.